The lowest BCUT2D eigenvalue weighted by Crippen LogP contribution is -2.38. The molecule has 0 radical (unpaired) electrons. The lowest BCUT2D eigenvalue weighted by Gasteiger charge is -2.19. The third-order valence-corrected chi connectivity index (χ3v) is 4.51. The van der Waals surface area contributed by atoms with E-state index in [0.717, 1.165) is 6.26 Å². The molecule has 0 aliphatic carbocycles. The summed E-state index contributed by atoms with van der Waals surface area (Å²) in [5, 5.41) is 2.71. The molecule has 0 saturated carbocycles. The van der Waals surface area contributed by atoms with Crippen molar-refractivity contribution in [2.45, 2.75) is 13.3 Å². The summed E-state index contributed by atoms with van der Waals surface area (Å²) in [7, 11) is -0.259. The van der Waals surface area contributed by atoms with Gasteiger partial charge < -0.3 is 14.8 Å². The van der Waals surface area contributed by atoms with Gasteiger partial charge in [-0.2, -0.15) is 0 Å². The molecule has 1 aromatic carbocycles. The minimum Gasteiger partial charge on any atom is -0.497 e. The smallest absolute Gasteiger partial charge is 0.251 e. The fraction of sp³-hybridized carbons (Fsp3) is 0.533. The van der Waals surface area contributed by atoms with Gasteiger partial charge in [-0.3, -0.25) is 4.79 Å². The number of sulfonamides is 1. The third kappa shape index (κ3) is 6.07. The largest absolute Gasteiger partial charge is 0.497 e. The highest BCUT2D eigenvalue weighted by molar-refractivity contribution is 7.88. The van der Waals surface area contributed by atoms with Crippen molar-refractivity contribution >= 4 is 15.9 Å². The van der Waals surface area contributed by atoms with E-state index in [4.69, 9.17) is 9.47 Å². The number of benzene rings is 1. The van der Waals surface area contributed by atoms with Crippen LogP contribution in [0.1, 0.15) is 23.7 Å². The molecule has 1 aromatic rings. The number of nitrogens with zero attached hydrogens (tertiary/aromatic N) is 1. The second-order valence-electron chi connectivity index (χ2n) is 5.02. The Morgan fingerprint density at radius 1 is 1.13 bits per heavy atom. The first-order valence-corrected chi connectivity index (χ1v) is 9.13. The summed E-state index contributed by atoms with van der Waals surface area (Å²) in [5.74, 6) is 0.712. The van der Waals surface area contributed by atoms with Gasteiger partial charge in [0.25, 0.3) is 5.91 Å². The Bertz CT molecular complexity index is 609. The average molecular weight is 344 g/mol. The van der Waals surface area contributed by atoms with E-state index < -0.39 is 10.0 Å². The number of methoxy groups -OCH3 is 2. The van der Waals surface area contributed by atoms with Gasteiger partial charge in [0, 0.05) is 31.3 Å². The lowest BCUT2D eigenvalue weighted by atomic mass is 10.2. The number of carbonyl (C=O) groups excluding carboxylic acids is 1. The second kappa shape index (κ2) is 8.73. The normalized spacial score (nSPS) is 11.3. The number of hydrogen-bond acceptors (Lipinski definition) is 5. The standard InChI is InChI=1S/C15H24N2O5S/c1-5-7-17(23(4,19)20)8-6-16-15(18)12-9-13(21-2)11-14(10-12)22-3/h9-11H,5-8H2,1-4H3,(H,16,18). The van der Waals surface area contributed by atoms with Crippen molar-refractivity contribution in [1.29, 1.82) is 0 Å². The number of carbonyl (C=O) groups is 1. The number of rotatable bonds is 9. The van der Waals surface area contributed by atoms with Gasteiger partial charge in [0.05, 0.1) is 20.5 Å². The van der Waals surface area contributed by atoms with Crippen LogP contribution < -0.4 is 14.8 Å². The average Bonchev–Trinajstić information content (AvgIpc) is 2.52. The maximum absolute atomic E-state index is 12.2. The van der Waals surface area contributed by atoms with Crippen LogP contribution >= 0.6 is 0 Å². The topological polar surface area (TPSA) is 84.9 Å². The summed E-state index contributed by atoms with van der Waals surface area (Å²) >= 11 is 0. The van der Waals surface area contributed by atoms with Crippen LogP contribution in [0.5, 0.6) is 11.5 Å². The second-order valence-corrected chi connectivity index (χ2v) is 7.00. The van der Waals surface area contributed by atoms with E-state index in [1.54, 1.807) is 18.2 Å². The van der Waals surface area contributed by atoms with Crippen molar-refractivity contribution in [2.24, 2.45) is 0 Å². The Morgan fingerprint density at radius 2 is 1.70 bits per heavy atom. The Kier molecular flexibility index (Phi) is 7.31. The Balaban J connectivity index is 2.70. The summed E-state index contributed by atoms with van der Waals surface area (Å²) in [6, 6.07) is 4.86. The number of hydrogen-bond donors (Lipinski definition) is 1. The van der Waals surface area contributed by atoms with Crippen molar-refractivity contribution < 1.29 is 22.7 Å². The van der Waals surface area contributed by atoms with Crippen molar-refractivity contribution in [2.75, 3.05) is 40.1 Å². The summed E-state index contributed by atoms with van der Waals surface area (Å²) in [6.07, 6.45) is 1.88. The monoisotopic (exact) mass is 344 g/mol. The molecule has 130 valence electrons. The van der Waals surface area contributed by atoms with E-state index in [2.05, 4.69) is 5.32 Å². The van der Waals surface area contributed by atoms with Gasteiger partial charge >= 0.3 is 0 Å². The fourth-order valence-electron chi connectivity index (χ4n) is 2.03. The van der Waals surface area contributed by atoms with Gasteiger partial charge in [0.2, 0.25) is 10.0 Å². The molecule has 0 heterocycles. The molecule has 0 aliphatic heterocycles. The van der Waals surface area contributed by atoms with Crippen LogP contribution in [-0.2, 0) is 10.0 Å². The lowest BCUT2D eigenvalue weighted by molar-refractivity contribution is 0.0951. The minimum atomic E-state index is -3.27. The first-order chi connectivity index (χ1) is 10.8. The molecule has 0 fully saturated rings. The van der Waals surface area contributed by atoms with Gasteiger partial charge in [0.1, 0.15) is 11.5 Å². The van der Waals surface area contributed by atoms with Gasteiger partial charge in [-0.15, -0.1) is 0 Å². The van der Waals surface area contributed by atoms with Crippen molar-refractivity contribution in [3.63, 3.8) is 0 Å². The van der Waals surface area contributed by atoms with E-state index in [1.807, 2.05) is 6.92 Å². The Hall–Kier alpha value is -1.80. The number of amides is 1. The molecule has 0 spiro atoms. The highest BCUT2D eigenvalue weighted by Crippen LogP contribution is 2.22. The maximum atomic E-state index is 12.2. The Labute approximate surface area is 137 Å². The van der Waals surface area contributed by atoms with Crippen LogP contribution in [-0.4, -0.2) is 58.7 Å². The van der Waals surface area contributed by atoms with E-state index in [-0.39, 0.29) is 19.0 Å². The van der Waals surface area contributed by atoms with Gasteiger partial charge in [-0.25, -0.2) is 12.7 Å². The SMILES string of the molecule is CCCN(CCNC(=O)c1cc(OC)cc(OC)c1)S(C)(=O)=O. The molecular weight excluding hydrogens is 320 g/mol. The zero-order chi connectivity index (χ0) is 17.5. The highest BCUT2D eigenvalue weighted by atomic mass is 32.2. The van der Waals surface area contributed by atoms with Crippen molar-refractivity contribution in [3.8, 4) is 11.5 Å². The molecule has 0 saturated heterocycles. The van der Waals surface area contributed by atoms with E-state index in [9.17, 15) is 13.2 Å². The number of nitrogens with one attached hydrogen (secondary N) is 1. The summed E-state index contributed by atoms with van der Waals surface area (Å²) in [4.78, 5) is 12.2. The molecule has 0 unspecified atom stereocenters. The van der Waals surface area contributed by atoms with E-state index in [1.165, 1.54) is 18.5 Å². The molecule has 1 N–H and O–H groups in total. The van der Waals surface area contributed by atoms with Crippen LogP contribution in [0.3, 0.4) is 0 Å². The Morgan fingerprint density at radius 3 is 2.13 bits per heavy atom. The molecule has 23 heavy (non-hydrogen) atoms. The van der Waals surface area contributed by atoms with Crippen LogP contribution in [0.25, 0.3) is 0 Å². The predicted octanol–water partition coefficient (Wildman–Crippen LogP) is 1.11. The van der Waals surface area contributed by atoms with Gasteiger partial charge in [-0.1, -0.05) is 6.92 Å². The van der Waals surface area contributed by atoms with Crippen molar-refractivity contribution in [3.05, 3.63) is 23.8 Å². The molecule has 1 rings (SSSR count). The zero-order valence-electron chi connectivity index (χ0n) is 14.0. The summed E-state index contributed by atoms with van der Waals surface area (Å²) in [6.45, 7) is 2.80. The first-order valence-electron chi connectivity index (χ1n) is 7.28. The fourth-order valence-corrected chi connectivity index (χ4v) is 2.96. The van der Waals surface area contributed by atoms with Crippen molar-refractivity contribution in [1.82, 2.24) is 9.62 Å². The highest BCUT2D eigenvalue weighted by Gasteiger charge is 2.16. The molecule has 8 heteroatoms. The summed E-state index contributed by atoms with van der Waals surface area (Å²) in [5.41, 5.74) is 0.391. The van der Waals surface area contributed by atoms with Crippen LogP contribution in [0, 0.1) is 0 Å². The predicted molar refractivity (Wildman–Crippen MR) is 88.6 cm³/mol. The first kappa shape index (κ1) is 19.2. The molecule has 7 nitrogen and oxygen atoms in total. The van der Waals surface area contributed by atoms with Crippen LogP contribution in [0.15, 0.2) is 18.2 Å². The number of ether oxygens (including phenoxy) is 2. The van der Waals surface area contributed by atoms with E-state index in [0.29, 0.717) is 30.0 Å². The molecule has 0 bridgehead atoms. The van der Waals surface area contributed by atoms with Gasteiger partial charge in [0.15, 0.2) is 0 Å². The summed E-state index contributed by atoms with van der Waals surface area (Å²) < 4.78 is 34.8. The molecule has 0 aliphatic rings. The van der Waals surface area contributed by atoms with Gasteiger partial charge in [-0.05, 0) is 18.6 Å². The van der Waals surface area contributed by atoms with Crippen LogP contribution in [0.4, 0.5) is 0 Å². The quantitative estimate of drug-likeness (QED) is 0.725. The molecule has 0 atom stereocenters. The molecular formula is C15H24N2O5S. The molecule has 1 amide bonds. The maximum Gasteiger partial charge on any atom is 0.251 e. The minimum absolute atomic E-state index is 0.228. The third-order valence-electron chi connectivity index (χ3n) is 3.20. The van der Waals surface area contributed by atoms with E-state index >= 15 is 0 Å². The zero-order valence-corrected chi connectivity index (χ0v) is 14.8. The van der Waals surface area contributed by atoms with Crippen LogP contribution in [0.2, 0.25) is 0 Å². The molecule has 0 aromatic heterocycles.